The minimum atomic E-state index is -3.43. The Labute approximate surface area is 185 Å². The van der Waals surface area contributed by atoms with Crippen molar-refractivity contribution in [2.75, 3.05) is 18.9 Å². The third-order valence-corrected chi connectivity index (χ3v) is 5.35. The number of aryl methyl sites for hydroxylation is 1. The first-order valence-electron chi connectivity index (χ1n) is 9.34. The number of aromatic nitrogens is 4. The van der Waals surface area contributed by atoms with Crippen molar-refractivity contribution in [1.82, 2.24) is 29.4 Å². The van der Waals surface area contributed by atoms with E-state index < -0.39 is 10.2 Å². The molecule has 2 heterocycles. The van der Waals surface area contributed by atoms with Gasteiger partial charge in [0.05, 0.1) is 29.7 Å². The van der Waals surface area contributed by atoms with Crippen molar-refractivity contribution in [1.29, 1.82) is 0 Å². The molecule has 0 aliphatic heterocycles. The number of hydrogen-bond donors (Lipinski definition) is 3. The van der Waals surface area contributed by atoms with Gasteiger partial charge in [-0.15, -0.1) is 0 Å². The average Bonchev–Trinajstić information content (AvgIpc) is 2.74. The Morgan fingerprint density at radius 1 is 1.10 bits per heavy atom. The lowest BCUT2D eigenvalue weighted by atomic mass is 10.1. The largest absolute Gasteiger partial charge is 0.439 e. The van der Waals surface area contributed by atoms with Crippen LogP contribution in [0.25, 0.3) is 0 Å². The van der Waals surface area contributed by atoms with Crippen molar-refractivity contribution in [2.45, 2.75) is 19.9 Å². The Kier molecular flexibility index (Phi) is 7.69. The van der Waals surface area contributed by atoms with Crippen molar-refractivity contribution in [3.05, 3.63) is 64.8 Å². The Morgan fingerprint density at radius 2 is 1.81 bits per heavy atom. The molecule has 0 amide bonds. The smallest absolute Gasteiger partial charge is 0.276 e. The number of ether oxygens (including phenoxy) is 1. The third kappa shape index (κ3) is 7.40. The summed E-state index contributed by atoms with van der Waals surface area (Å²) < 4.78 is 33.2. The number of hydrogen-bond acceptors (Lipinski definition) is 8. The predicted molar refractivity (Wildman–Crippen MR) is 117 cm³/mol. The molecule has 0 aliphatic rings. The number of halogens is 1. The number of anilines is 1. The summed E-state index contributed by atoms with van der Waals surface area (Å²) in [6, 6.07) is 9.09. The fourth-order valence-corrected chi connectivity index (χ4v) is 3.17. The van der Waals surface area contributed by atoms with Crippen LogP contribution in [0.4, 0.5) is 5.95 Å². The second kappa shape index (κ2) is 10.4. The highest BCUT2D eigenvalue weighted by Crippen LogP contribution is 2.21. The topological polar surface area (TPSA) is 131 Å². The van der Waals surface area contributed by atoms with Crippen LogP contribution in [-0.2, 0) is 23.2 Å². The molecule has 1 aromatic carbocycles. The fraction of sp³-hybridized carbons (Fsp3) is 0.263. The van der Waals surface area contributed by atoms with Gasteiger partial charge in [0.2, 0.25) is 11.8 Å². The maximum atomic E-state index is 11.4. The van der Waals surface area contributed by atoms with Gasteiger partial charge in [0.25, 0.3) is 10.2 Å². The van der Waals surface area contributed by atoms with Crippen molar-refractivity contribution in [2.24, 2.45) is 0 Å². The van der Waals surface area contributed by atoms with Crippen LogP contribution in [0.5, 0.6) is 11.6 Å². The molecule has 12 heteroatoms. The van der Waals surface area contributed by atoms with Crippen LogP contribution in [0.2, 0.25) is 5.02 Å². The Hall–Kier alpha value is -2.86. The molecule has 0 atom stereocenters. The molecule has 0 fully saturated rings. The zero-order valence-electron chi connectivity index (χ0n) is 17.0. The standard InChI is InChI=1S/C19H22ClN7O3S/c1-13-26-16(12-24-19-22-10-15(20)11-23-19)9-18(27-13)30-17-5-3-14(4-6-17)7-8-25-31(28,29)21-2/h3-6,9-11,21,25H,7-8,12H2,1-2H3,(H,22,23,24). The molecule has 3 N–H and O–H groups in total. The summed E-state index contributed by atoms with van der Waals surface area (Å²) in [6.07, 6.45) is 3.57. The molecule has 3 rings (SSSR count). The van der Waals surface area contributed by atoms with E-state index in [1.54, 1.807) is 25.1 Å². The van der Waals surface area contributed by atoms with Crippen LogP contribution in [-0.4, -0.2) is 41.9 Å². The van der Waals surface area contributed by atoms with E-state index in [2.05, 4.69) is 34.7 Å². The highest BCUT2D eigenvalue weighted by Gasteiger charge is 2.07. The van der Waals surface area contributed by atoms with Crippen molar-refractivity contribution < 1.29 is 13.2 Å². The fourth-order valence-electron chi connectivity index (χ4n) is 2.56. The van der Waals surface area contributed by atoms with Gasteiger partial charge >= 0.3 is 0 Å². The third-order valence-electron chi connectivity index (χ3n) is 4.04. The minimum Gasteiger partial charge on any atom is -0.439 e. The lowest BCUT2D eigenvalue weighted by Crippen LogP contribution is -2.35. The van der Waals surface area contributed by atoms with Crippen LogP contribution >= 0.6 is 11.6 Å². The molecule has 0 bridgehead atoms. The Balaban J connectivity index is 1.58. The van der Waals surface area contributed by atoms with E-state index in [-0.39, 0.29) is 0 Å². The summed E-state index contributed by atoms with van der Waals surface area (Å²) in [5, 5.41) is 3.53. The number of benzene rings is 1. The highest BCUT2D eigenvalue weighted by atomic mass is 35.5. The highest BCUT2D eigenvalue weighted by molar-refractivity contribution is 7.87. The molecule has 2 aromatic heterocycles. The van der Waals surface area contributed by atoms with Gasteiger partial charge in [-0.3, -0.25) is 0 Å². The molecule has 0 saturated carbocycles. The monoisotopic (exact) mass is 463 g/mol. The first-order chi connectivity index (χ1) is 14.8. The normalized spacial score (nSPS) is 11.3. The van der Waals surface area contributed by atoms with Crippen LogP contribution < -0.4 is 19.5 Å². The molecule has 0 radical (unpaired) electrons. The summed E-state index contributed by atoms with van der Waals surface area (Å²) in [5.74, 6) is 2.03. The minimum absolute atomic E-state index is 0.294. The Bertz CT molecular complexity index is 1110. The zero-order chi connectivity index (χ0) is 22.3. The molecular formula is C19H22ClN7O3S. The molecule has 0 unspecified atom stereocenters. The summed E-state index contributed by atoms with van der Waals surface area (Å²) in [5.41, 5.74) is 1.69. The van der Waals surface area contributed by atoms with Gasteiger partial charge in [0, 0.05) is 19.7 Å². The van der Waals surface area contributed by atoms with E-state index in [4.69, 9.17) is 16.3 Å². The van der Waals surface area contributed by atoms with Gasteiger partial charge in [-0.2, -0.15) is 13.4 Å². The molecule has 0 spiro atoms. The summed E-state index contributed by atoms with van der Waals surface area (Å²) in [4.78, 5) is 16.9. The maximum Gasteiger partial charge on any atom is 0.276 e. The van der Waals surface area contributed by atoms with Crippen molar-refractivity contribution >= 4 is 27.8 Å². The van der Waals surface area contributed by atoms with Crippen LogP contribution in [0.1, 0.15) is 17.1 Å². The first-order valence-corrected chi connectivity index (χ1v) is 11.2. The summed E-state index contributed by atoms with van der Waals surface area (Å²) >= 11 is 5.79. The first kappa shape index (κ1) is 22.8. The van der Waals surface area contributed by atoms with Gasteiger partial charge in [-0.25, -0.2) is 24.4 Å². The van der Waals surface area contributed by atoms with E-state index >= 15 is 0 Å². The molecule has 0 aliphatic carbocycles. The van der Waals surface area contributed by atoms with Crippen LogP contribution in [0.3, 0.4) is 0 Å². The van der Waals surface area contributed by atoms with E-state index in [1.165, 1.54) is 19.4 Å². The molecule has 164 valence electrons. The van der Waals surface area contributed by atoms with E-state index in [0.717, 1.165) is 11.3 Å². The maximum absolute atomic E-state index is 11.4. The summed E-state index contributed by atoms with van der Waals surface area (Å²) in [7, 11) is -2.07. The second-order valence-electron chi connectivity index (χ2n) is 6.42. The van der Waals surface area contributed by atoms with Gasteiger partial charge in [0.15, 0.2) is 0 Å². The quantitative estimate of drug-likeness (QED) is 0.417. The van der Waals surface area contributed by atoms with Gasteiger partial charge in [0.1, 0.15) is 11.6 Å². The average molecular weight is 464 g/mol. The SMILES string of the molecule is CNS(=O)(=O)NCCc1ccc(Oc2cc(CNc3ncc(Cl)cn3)nc(C)n2)cc1. The molecule has 0 saturated heterocycles. The van der Waals surface area contributed by atoms with Crippen LogP contribution in [0.15, 0.2) is 42.7 Å². The molecule has 10 nitrogen and oxygen atoms in total. The van der Waals surface area contributed by atoms with Crippen molar-refractivity contribution in [3.63, 3.8) is 0 Å². The second-order valence-corrected chi connectivity index (χ2v) is 8.56. The predicted octanol–water partition coefficient (Wildman–Crippen LogP) is 2.23. The van der Waals surface area contributed by atoms with E-state index in [0.29, 0.717) is 47.9 Å². The summed E-state index contributed by atoms with van der Waals surface area (Å²) in [6.45, 7) is 2.47. The lowest BCUT2D eigenvalue weighted by Gasteiger charge is -2.10. The number of rotatable bonds is 10. The van der Waals surface area contributed by atoms with E-state index in [9.17, 15) is 8.42 Å². The molecule has 31 heavy (non-hydrogen) atoms. The molecular weight excluding hydrogens is 442 g/mol. The van der Waals surface area contributed by atoms with Crippen molar-refractivity contribution in [3.8, 4) is 11.6 Å². The number of nitrogens with one attached hydrogen (secondary N) is 3. The number of nitrogens with zero attached hydrogens (tertiary/aromatic N) is 4. The van der Waals surface area contributed by atoms with Gasteiger partial charge in [-0.05, 0) is 31.0 Å². The van der Waals surface area contributed by atoms with Gasteiger partial charge in [-0.1, -0.05) is 23.7 Å². The van der Waals surface area contributed by atoms with E-state index in [1.807, 2.05) is 12.1 Å². The Morgan fingerprint density at radius 3 is 2.48 bits per heavy atom. The van der Waals surface area contributed by atoms with Gasteiger partial charge < -0.3 is 10.1 Å². The molecule has 3 aromatic rings. The lowest BCUT2D eigenvalue weighted by molar-refractivity contribution is 0.458. The zero-order valence-corrected chi connectivity index (χ0v) is 18.5. The van der Waals surface area contributed by atoms with Crippen LogP contribution in [0, 0.1) is 6.92 Å².